The molecule has 1 saturated heterocycles. The van der Waals surface area contributed by atoms with E-state index in [0.717, 1.165) is 43.4 Å². The molecule has 24 heavy (non-hydrogen) atoms. The van der Waals surface area contributed by atoms with Crippen molar-refractivity contribution in [3.63, 3.8) is 0 Å². The van der Waals surface area contributed by atoms with Crippen LogP contribution in [0, 0.1) is 11.8 Å². The standard InChI is InChI=1S/C18H22N2O3S/c21-16(19(12-7-8-12)10-13-4-3-9-24-13)11-20-17(22)14-5-1-2-6-15(14)18(20)23/h3-4,9,12,14-15H,1-2,5-8,10-11H2/t14-,15-/m0/s1. The van der Waals surface area contributed by atoms with Gasteiger partial charge in [0.2, 0.25) is 17.7 Å². The Hall–Kier alpha value is -1.69. The van der Waals surface area contributed by atoms with Crippen molar-refractivity contribution in [2.24, 2.45) is 11.8 Å². The van der Waals surface area contributed by atoms with Gasteiger partial charge in [0.25, 0.3) is 0 Å². The maximum absolute atomic E-state index is 12.8. The maximum Gasteiger partial charge on any atom is 0.243 e. The third-order valence-corrected chi connectivity index (χ3v) is 6.30. The molecule has 0 N–H and O–H groups in total. The van der Waals surface area contributed by atoms with E-state index in [-0.39, 0.29) is 42.1 Å². The molecular formula is C18H22N2O3S. The third kappa shape index (κ3) is 2.88. The van der Waals surface area contributed by atoms with Crippen molar-refractivity contribution in [2.45, 2.75) is 51.1 Å². The fourth-order valence-electron chi connectivity index (χ4n) is 3.99. The summed E-state index contributed by atoms with van der Waals surface area (Å²) < 4.78 is 0. The molecular weight excluding hydrogens is 324 g/mol. The minimum Gasteiger partial charge on any atom is -0.333 e. The Morgan fingerprint density at radius 3 is 2.33 bits per heavy atom. The van der Waals surface area contributed by atoms with Gasteiger partial charge in [-0.2, -0.15) is 0 Å². The number of fused-ring (bicyclic) bond motifs is 1. The molecule has 1 aliphatic heterocycles. The lowest BCUT2D eigenvalue weighted by Crippen LogP contribution is -2.43. The van der Waals surface area contributed by atoms with Crippen molar-refractivity contribution in [3.05, 3.63) is 22.4 Å². The SMILES string of the molecule is O=C1[C@H]2CCCC[C@@H]2C(=O)N1CC(=O)N(Cc1cccs1)C1CC1. The molecule has 2 atom stereocenters. The summed E-state index contributed by atoms with van der Waals surface area (Å²) >= 11 is 1.63. The molecule has 0 radical (unpaired) electrons. The summed E-state index contributed by atoms with van der Waals surface area (Å²) in [6.07, 6.45) is 5.64. The first-order valence-electron chi connectivity index (χ1n) is 8.82. The number of rotatable bonds is 5. The fraction of sp³-hybridized carbons (Fsp3) is 0.611. The molecule has 0 aromatic carbocycles. The molecule has 2 saturated carbocycles. The highest BCUT2D eigenvalue weighted by Crippen LogP contribution is 2.38. The van der Waals surface area contributed by atoms with E-state index in [1.807, 2.05) is 22.4 Å². The lowest BCUT2D eigenvalue weighted by atomic mass is 9.81. The average molecular weight is 346 g/mol. The van der Waals surface area contributed by atoms with Crippen molar-refractivity contribution in [3.8, 4) is 0 Å². The highest BCUT2D eigenvalue weighted by atomic mass is 32.1. The number of nitrogens with zero attached hydrogens (tertiary/aromatic N) is 2. The van der Waals surface area contributed by atoms with Gasteiger partial charge in [0.15, 0.2) is 0 Å². The fourth-order valence-corrected chi connectivity index (χ4v) is 4.69. The van der Waals surface area contributed by atoms with Crippen molar-refractivity contribution < 1.29 is 14.4 Å². The summed E-state index contributed by atoms with van der Waals surface area (Å²) in [4.78, 5) is 42.1. The number of hydrogen-bond acceptors (Lipinski definition) is 4. The predicted molar refractivity (Wildman–Crippen MR) is 90.1 cm³/mol. The van der Waals surface area contributed by atoms with Crippen molar-refractivity contribution in [2.75, 3.05) is 6.54 Å². The Bertz CT molecular complexity index is 629. The van der Waals surface area contributed by atoms with Gasteiger partial charge in [-0.1, -0.05) is 18.9 Å². The summed E-state index contributed by atoms with van der Waals surface area (Å²) in [7, 11) is 0. The van der Waals surface area contributed by atoms with Gasteiger partial charge in [0.1, 0.15) is 6.54 Å². The third-order valence-electron chi connectivity index (χ3n) is 5.44. The van der Waals surface area contributed by atoms with E-state index in [1.54, 1.807) is 11.3 Å². The molecule has 3 aliphatic rings. The van der Waals surface area contributed by atoms with Crippen LogP contribution in [-0.2, 0) is 20.9 Å². The number of carbonyl (C=O) groups excluding carboxylic acids is 3. The predicted octanol–water partition coefficient (Wildman–Crippen LogP) is 2.41. The van der Waals surface area contributed by atoms with Gasteiger partial charge in [-0.3, -0.25) is 19.3 Å². The van der Waals surface area contributed by atoms with Gasteiger partial charge < -0.3 is 4.90 Å². The molecule has 2 heterocycles. The van der Waals surface area contributed by atoms with Gasteiger partial charge in [-0.15, -0.1) is 11.3 Å². The Kier molecular flexibility index (Phi) is 4.16. The summed E-state index contributed by atoms with van der Waals surface area (Å²) in [5, 5.41) is 2.00. The summed E-state index contributed by atoms with van der Waals surface area (Å²) in [6, 6.07) is 4.27. The highest BCUT2D eigenvalue weighted by molar-refractivity contribution is 7.09. The molecule has 5 nitrogen and oxygen atoms in total. The zero-order valence-corrected chi connectivity index (χ0v) is 14.5. The van der Waals surface area contributed by atoms with E-state index in [1.165, 1.54) is 4.90 Å². The van der Waals surface area contributed by atoms with Crippen LogP contribution in [0.25, 0.3) is 0 Å². The molecule has 0 bridgehead atoms. The Balaban J connectivity index is 1.46. The van der Waals surface area contributed by atoms with Crippen LogP contribution in [-0.4, -0.2) is 40.1 Å². The van der Waals surface area contributed by atoms with Crippen molar-refractivity contribution in [1.29, 1.82) is 0 Å². The van der Waals surface area contributed by atoms with E-state index < -0.39 is 0 Å². The van der Waals surface area contributed by atoms with E-state index in [4.69, 9.17) is 0 Å². The molecule has 0 unspecified atom stereocenters. The van der Waals surface area contributed by atoms with E-state index in [0.29, 0.717) is 6.54 Å². The van der Waals surface area contributed by atoms with Crippen LogP contribution < -0.4 is 0 Å². The topological polar surface area (TPSA) is 57.7 Å². The molecule has 0 spiro atoms. The minimum atomic E-state index is -0.175. The van der Waals surface area contributed by atoms with Crippen LogP contribution >= 0.6 is 11.3 Å². The van der Waals surface area contributed by atoms with Crippen molar-refractivity contribution >= 4 is 29.1 Å². The Labute approximate surface area is 145 Å². The normalized spacial score (nSPS) is 26.6. The van der Waals surface area contributed by atoms with Crippen LogP contribution in [0.2, 0.25) is 0 Å². The lowest BCUT2D eigenvalue weighted by Gasteiger charge is -2.24. The molecule has 4 rings (SSSR count). The molecule has 3 amide bonds. The van der Waals surface area contributed by atoms with Gasteiger partial charge in [-0.25, -0.2) is 0 Å². The van der Waals surface area contributed by atoms with Crippen LogP contribution in [0.3, 0.4) is 0 Å². The van der Waals surface area contributed by atoms with Crippen LogP contribution in [0.1, 0.15) is 43.4 Å². The summed E-state index contributed by atoms with van der Waals surface area (Å²) in [5.41, 5.74) is 0. The molecule has 1 aromatic rings. The number of hydrogen-bond donors (Lipinski definition) is 0. The molecule has 2 aliphatic carbocycles. The molecule has 3 fully saturated rings. The van der Waals surface area contributed by atoms with E-state index >= 15 is 0 Å². The lowest BCUT2D eigenvalue weighted by molar-refractivity contribution is -0.147. The number of imide groups is 1. The molecule has 6 heteroatoms. The molecule has 1 aromatic heterocycles. The van der Waals surface area contributed by atoms with Crippen LogP contribution in [0.15, 0.2) is 17.5 Å². The quantitative estimate of drug-likeness (QED) is 0.770. The average Bonchev–Trinajstić information content (AvgIpc) is 3.25. The Morgan fingerprint density at radius 2 is 1.79 bits per heavy atom. The van der Waals surface area contributed by atoms with Crippen LogP contribution in [0.4, 0.5) is 0 Å². The number of thiophene rings is 1. The number of carbonyl (C=O) groups is 3. The van der Waals surface area contributed by atoms with Gasteiger partial charge in [0, 0.05) is 10.9 Å². The van der Waals surface area contributed by atoms with E-state index in [9.17, 15) is 14.4 Å². The zero-order valence-electron chi connectivity index (χ0n) is 13.6. The highest BCUT2D eigenvalue weighted by Gasteiger charge is 2.49. The summed E-state index contributed by atoms with van der Waals surface area (Å²) in [5.74, 6) is -0.683. The first-order chi connectivity index (χ1) is 11.6. The minimum absolute atomic E-state index is 0.0768. The largest absolute Gasteiger partial charge is 0.333 e. The molecule has 128 valence electrons. The van der Waals surface area contributed by atoms with Gasteiger partial charge in [-0.05, 0) is 37.1 Å². The van der Waals surface area contributed by atoms with Gasteiger partial charge >= 0.3 is 0 Å². The first kappa shape index (κ1) is 15.8. The number of likely N-dealkylation sites (tertiary alicyclic amines) is 1. The van der Waals surface area contributed by atoms with Crippen molar-refractivity contribution in [1.82, 2.24) is 9.80 Å². The zero-order chi connectivity index (χ0) is 16.7. The number of amides is 3. The summed E-state index contributed by atoms with van der Waals surface area (Å²) in [6.45, 7) is 0.511. The van der Waals surface area contributed by atoms with E-state index in [2.05, 4.69) is 0 Å². The Morgan fingerprint density at radius 1 is 1.12 bits per heavy atom. The first-order valence-corrected chi connectivity index (χ1v) is 9.70. The second-order valence-corrected chi connectivity index (χ2v) is 8.12. The second kappa shape index (κ2) is 6.31. The van der Waals surface area contributed by atoms with Gasteiger partial charge in [0.05, 0.1) is 18.4 Å². The second-order valence-electron chi connectivity index (χ2n) is 7.09. The van der Waals surface area contributed by atoms with Crippen LogP contribution in [0.5, 0.6) is 0 Å². The smallest absolute Gasteiger partial charge is 0.243 e. The monoisotopic (exact) mass is 346 g/mol. The maximum atomic E-state index is 12.8.